The molecule has 5 nitrogen and oxygen atoms in total. The number of nitrogens with zero attached hydrogens (tertiary/aromatic N) is 2. The van der Waals surface area contributed by atoms with Gasteiger partial charge >= 0.3 is 0 Å². The summed E-state index contributed by atoms with van der Waals surface area (Å²) in [7, 11) is 1.64. The van der Waals surface area contributed by atoms with E-state index >= 15 is 0 Å². The van der Waals surface area contributed by atoms with Crippen molar-refractivity contribution < 1.29 is 4.74 Å². The number of nitrogens with one attached hydrogen (secondary N) is 2. The Labute approximate surface area is 123 Å². The first-order chi connectivity index (χ1) is 9.76. The third-order valence-electron chi connectivity index (χ3n) is 2.93. The number of anilines is 2. The Morgan fingerprint density at radius 2 is 2.00 bits per heavy atom. The van der Waals surface area contributed by atoms with Gasteiger partial charge in [-0.1, -0.05) is 6.92 Å². The lowest BCUT2D eigenvalue weighted by atomic mass is 10.3. The van der Waals surface area contributed by atoms with Crippen molar-refractivity contribution in [2.75, 3.05) is 24.3 Å². The summed E-state index contributed by atoms with van der Waals surface area (Å²) in [6.45, 7) is 5.82. The molecule has 20 heavy (non-hydrogen) atoms. The number of thiophene rings is 1. The highest BCUT2D eigenvalue weighted by atomic mass is 32.1. The number of ether oxygens (including phenoxy) is 1. The first-order valence-corrected chi connectivity index (χ1v) is 7.54. The molecule has 6 heteroatoms. The lowest BCUT2D eigenvalue weighted by molar-refractivity contribution is 0.414. The molecule has 2 heterocycles. The van der Waals surface area contributed by atoms with Crippen LogP contribution in [0.5, 0.6) is 5.75 Å². The first kappa shape index (κ1) is 14.6. The molecule has 0 fully saturated rings. The molecular formula is C14H20N4OS. The summed E-state index contributed by atoms with van der Waals surface area (Å²) in [5.74, 6) is 2.11. The van der Waals surface area contributed by atoms with E-state index in [1.165, 1.54) is 10.4 Å². The molecule has 0 saturated carbocycles. The molecule has 2 aromatic heterocycles. The highest BCUT2D eigenvalue weighted by Crippen LogP contribution is 2.29. The van der Waals surface area contributed by atoms with Crippen LogP contribution in [0, 0.1) is 6.92 Å². The average molecular weight is 292 g/mol. The van der Waals surface area contributed by atoms with Crippen molar-refractivity contribution in [3.05, 3.63) is 28.2 Å². The van der Waals surface area contributed by atoms with Crippen LogP contribution < -0.4 is 15.4 Å². The second kappa shape index (κ2) is 7.09. The molecule has 108 valence electrons. The second-order valence-electron chi connectivity index (χ2n) is 4.41. The SMILES string of the molecule is CCCNc1ncnc(NCc2sccc2C)c1OC. The van der Waals surface area contributed by atoms with Crippen LogP contribution in [0.1, 0.15) is 23.8 Å². The monoisotopic (exact) mass is 292 g/mol. The Kier molecular flexibility index (Phi) is 5.17. The zero-order chi connectivity index (χ0) is 14.4. The van der Waals surface area contributed by atoms with E-state index in [9.17, 15) is 0 Å². The molecule has 2 aromatic rings. The fourth-order valence-corrected chi connectivity index (χ4v) is 2.66. The van der Waals surface area contributed by atoms with E-state index in [0.29, 0.717) is 11.6 Å². The van der Waals surface area contributed by atoms with Crippen molar-refractivity contribution in [3.63, 3.8) is 0 Å². The summed E-state index contributed by atoms with van der Waals surface area (Å²) in [5, 5.41) is 8.66. The molecule has 0 aliphatic carbocycles. The molecule has 0 amide bonds. The van der Waals surface area contributed by atoms with Gasteiger partial charge in [-0.05, 0) is 30.4 Å². The minimum absolute atomic E-state index is 0.662. The number of rotatable bonds is 7. The fourth-order valence-electron chi connectivity index (χ4n) is 1.81. The molecule has 0 atom stereocenters. The lowest BCUT2D eigenvalue weighted by Gasteiger charge is -2.13. The Bertz CT molecular complexity index is 556. The third kappa shape index (κ3) is 3.39. The largest absolute Gasteiger partial charge is 0.490 e. The topological polar surface area (TPSA) is 59.1 Å². The molecular weight excluding hydrogens is 272 g/mol. The number of methoxy groups -OCH3 is 1. The van der Waals surface area contributed by atoms with Crippen LogP contribution in [0.15, 0.2) is 17.8 Å². The van der Waals surface area contributed by atoms with Crippen molar-refractivity contribution in [2.45, 2.75) is 26.8 Å². The van der Waals surface area contributed by atoms with Gasteiger partial charge in [0.1, 0.15) is 6.33 Å². The van der Waals surface area contributed by atoms with Crippen molar-refractivity contribution in [1.82, 2.24) is 9.97 Å². The zero-order valence-electron chi connectivity index (χ0n) is 12.1. The number of hydrogen-bond acceptors (Lipinski definition) is 6. The van der Waals surface area contributed by atoms with Gasteiger partial charge in [0.25, 0.3) is 0 Å². The highest BCUT2D eigenvalue weighted by Gasteiger charge is 2.12. The van der Waals surface area contributed by atoms with Gasteiger partial charge in [-0.2, -0.15) is 0 Å². The molecule has 0 aliphatic heterocycles. The van der Waals surface area contributed by atoms with Gasteiger partial charge in [0.05, 0.1) is 13.7 Å². The van der Waals surface area contributed by atoms with Gasteiger partial charge < -0.3 is 15.4 Å². The summed E-state index contributed by atoms with van der Waals surface area (Å²) >= 11 is 1.74. The Morgan fingerprint density at radius 1 is 1.25 bits per heavy atom. The smallest absolute Gasteiger partial charge is 0.204 e. The second-order valence-corrected chi connectivity index (χ2v) is 5.41. The van der Waals surface area contributed by atoms with Crippen LogP contribution in [0.2, 0.25) is 0 Å². The number of hydrogen-bond donors (Lipinski definition) is 2. The van der Waals surface area contributed by atoms with E-state index < -0.39 is 0 Å². The van der Waals surface area contributed by atoms with Crippen LogP contribution in [0.25, 0.3) is 0 Å². The predicted molar refractivity (Wildman–Crippen MR) is 83.7 cm³/mol. The summed E-state index contributed by atoms with van der Waals surface area (Å²) in [6.07, 6.45) is 2.58. The molecule has 0 aliphatic rings. The Morgan fingerprint density at radius 3 is 2.60 bits per heavy atom. The van der Waals surface area contributed by atoms with E-state index in [4.69, 9.17) is 4.74 Å². The molecule has 0 bridgehead atoms. The molecule has 0 unspecified atom stereocenters. The van der Waals surface area contributed by atoms with Gasteiger partial charge in [-0.25, -0.2) is 9.97 Å². The van der Waals surface area contributed by atoms with Crippen LogP contribution >= 0.6 is 11.3 Å². The van der Waals surface area contributed by atoms with Gasteiger partial charge in [-0.15, -0.1) is 11.3 Å². The van der Waals surface area contributed by atoms with Crippen LogP contribution in [-0.2, 0) is 6.54 Å². The first-order valence-electron chi connectivity index (χ1n) is 6.66. The Balaban J connectivity index is 2.12. The number of aryl methyl sites for hydroxylation is 1. The standard InChI is InChI=1S/C14H20N4OS/c1-4-6-15-13-12(19-3)14(18-9-17-13)16-8-11-10(2)5-7-20-11/h5,7,9H,4,6,8H2,1-3H3,(H2,15,16,17,18). The Hall–Kier alpha value is -1.82. The summed E-state index contributed by atoms with van der Waals surface area (Å²) in [4.78, 5) is 9.79. The predicted octanol–water partition coefficient (Wildman–Crippen LogP) is 3.29. The fraction of sp³-hybridized carbons (Fsp3) is 0.429. The zero-order valence-corrected chi connectivity index (χ0v) is 12.9. The van der Waals surface area contributed by atoms with E-state index in [0.717, 1.165) is 25.3 Å². The third-order valence-corrected chi connectivity index (χ3v) is 3.96. The maximum Gasteiger partial charge on any atom is 0.204 e. The van der Waals surface area contributed by atoms with E-state index in [1.54, 1.807) is 24.8 Å². The summed E-state index contributed by atoms with van der Waals surface area (Å²) < 4.78 is 5.43. The molecule has 0 spiro atoms. The van der Waals surface area contributed by atoms with Gasteiger partial charge in [0, 0.05) is 11.4 Å². The van der Waals surface area contributed by atoms with Crippen molar-refractivity contribution in [1.29, 1.82) is 0 Å². The molecule has 2 rings (SSSR count). The van der Waals surface area contributed by atoms with Crippen molar-refractivity contribution in [3.8, 4) is 5.75 Å². The maximum atomic E-state index is 5.43. The molecule has 0 saturated heterocycles. The summed E-state index contributed by atoms with van der Waals surface area (Å²) in [5.41, 5.74) is 1.29. The quantitative estimate of drug-likeness (QED) is 0.820. The van der Waals surface area contributed by atoms with E-state index in [-0.39, 0.29) is 0 Å². The lowest BCUT2D eigenvalue weighted by Crippen LogP contribution is -2.08. The minimum Gasteiger partial charge on any atom is -0.490 e. The molecule has 0 radical (unpaired) electrons. The van der Waals surface area contributed by atoms with Crippen molar-refractivity contribution >= 4 is 23.0 Å². The maximum absolute atomic E-state index is 5.43. The normalized spacial score (nSPS) is 10.3. The average Bonchev–Trinajstić information content (AvgIpc) is 2.88. The molecule has 0 aromatic carbocycles. The van der Waals surface area contributed by atoms with Crippen molar-refractivity contribution in [2.24, 2.45) is 0 Å². The van der Waals surface area contributed by atoms with Gasteiger partial charge in [-0.3, -0.25) is 0 Å². The highest BCUT2D eigenvalue weighted by molar-refractivity contribution is 7.10. The minimum atomic E-state index is 0.662. The van der Waals surface area contributed by atoms with E-state index in [2.05, 4.69) is 45.9 Å². The summed E-state index contributed by atoms with van der Waals surface area (Å²) in [6, 6.07) is 2.12. The van der Waals surface area contributed by atoms with Gasteiger partial charge in [0.2, 0.25) is 5.75 Å². The molecule has 2 N–H and O–H groups in total. The van der Waals surface area contributed by atoms with Crippen LogP contribution in [0.3, 0.4) is 0 Å². The number of aromatic nitrogens is 2. The van der Waals surface area contributed by atoms with Crippen LogP contribution in [0.4, 0.5) is 11.6 Å². The van der Waals surface area contributed by atoms with Gasteiger partial charge in [0.15, 0.2) is 11.6 Å². The van der Waals surface area contributed by atoms with Crippen LogP contribution in [-0.4, -0.2) is 23.6 Å². The van der Waals surface area contributed by atoms with E-state index in [1.807, 2.05) is 0 Å².